The lowest BCUT2D eigenvalue weighted by molar-refractivity contribution is -0.115. The number of anilines is 2. The van der Waals surface area contributed by atoms with Crippen LogP contribution in [0.1, 0.15) is 12.6 Å². The molecule has 94 valence electrons. The van der Waals surface area contributed by atoms with Gasteiger partial charge in [0.2, 0.25) is 5.91 Å². The van der Waals surface area contributed by atoms with Crippen LogP contribution in [-0.4, -0.2) is 16.0 Å². The highest BCUT2D eigenvalue weighted by Gasteiger charge is 2.17. The van der Waals surface area contributed by atoms with Gasteiger partial charge in [0.15, 0.2) is 5.13 Å². The van der Waals surface area contributed by atoms with Gasteiger partial charge in [-0.3, -0.25) is 9.69 Å². The number of carbonyl (C=O) groups is 1. The van der Waals surface area contributed by atoms with Crippen LogP contribution in [0.25, 0.3) is 0 Å². The van der Waals surface area contributed by atoms with Crippen LogP contribution in [0.5, 0.6) is 0 Å². The fourth-order valence-corrected chi connectivity index (χ4v) is 2.58. The summed E-state index contributed by atoms with van der Waals surface area (Å²) in [4.78, 5) is 17.4. The van der Waals surface area contributed by atoms with E-state index in [-0.39, 0.29) is 12.5 Å². The van der Waals surface area contributed by atoms with Gasteiger partial charge in [0.25, 0.3) is 0 Å². The molecule has 0 fully saturated rings. The van der Waals surface area contributed by atoms with Gasteiger partial charge in [-0.05, 0) is 18.2 Å². The lowest BCUT2D eigenvalue weighted by atomic mass is 10.3. The van der Waals surface area contributed by atoms with Gasteiger partial charge in [-0.1, -0.05) is 17.7 Å². The van der Waals surface area contributed by atoms with Gasteiger partial charge in [-0.2, -0.15) is 0 Å². The lowest BCUT2D eigenvalue weighted by Crippen LogP contribution is -2.22. The Kier molecular flexibility index (Phi) is 3.96. The first-order valence-corrected chi connectivity index (χ1v) is 6.49. The van der Waals surface area contributed by atoms with Gasteiger partial charge in [0.05, 0.1) is 18.0 Å². The number of aliphatic hydroxyl groups is 1. The third-order valence-corrected chi connectivity index (χ3v) is 3.38. The van der Waals surface area contributed by atoms with Crippen molar-refractivity contribution < 1.29 is 9.90 Å². The third-order valence-electron chi connectivity index (χ3n) is 2.27. The van der Waals surface area contributed by atoms with Gasteiger partial charge >= 0.3 is 0 Å². The topological polar surface area (TPSA) is 53.4 Å². The van der Waals surface area contributed by atoms with Crippen LogP contribution < -0.4 is 4.90 Å². The van der Waals surface area contributed by atoms with Crippen molar-refractivity contribution in [2.45, 2.75) is 13.5 Å². The average molecular weight is 283 g/mol. The molecular formula is C12H11ClN2O2S. The maximum Gasteiger partial charge on any atom is 0.230 e. The van der Waals surface area contributed by atoms with Crippen LogP contribution in [0.15, 0.2) is 29.6 Å². The second-order valence-electron chi connectivity index (χ2n) is 3.61. The third kappa shape index (κ3) is 2.69. The Morgan fingerprint density at radius 2 is 2.33 bits per heavy atom. The molecule has 0 aliphatic rings. The Hall–Kier alpha value is -1.43. The first-order valence-electron chi connectivity index (χ1n) is 5.23. The molecule has 0 aliphatic heterocycles. The van der Waals surface area contributed by atoms with E-state index >= 15 is 0 Å². The Balaban J connectivity index is 2.43. The van der Waals surface area contributed by atoms with Crippen LogP contribution >= 0.6 is 22.9 Å². The van der Waals surface area contributed by atoms with Crippen molar-refractivity contribution in [1.29, 1.82) is 0 Å². The second kappa shape index (κ2) is 5.48. The van der Waals surface area contributed by atoms with Crippen molar-refractivity contribution in [3.05, 3.63) is 40.4 Å². The maximum atomic E-state index is 11.7. The summed E-state index contributed by atoms with van der Waals surface area (Å²) in [5.41, 5.74) is 1.21. The fraction of sp³-hybridized carbons (Fsp3) is 0.167. The van der Waals surface area contributed by atoms with Crippen molar-refractivity contribution in [3.63, 3.8) is 0 Å². The number of halogens is 1. The number of thiazole rings is 1. The van der Waals surface area contributed by atoms with E-state index < -0.39 is 0 Å². The van der Waals surface area contributed by atoms with Crippen LogP contribution in [0, 0.1) is 0 Å². The Labute approximate surface area is 113 Å². The minimum atomic E-state index is -0.156. The van der Waals surface area contributed by atoms with Gasteiger partial charge in [0, 0.05) is 17.3 Å². The number of aliphatic hydroxyl groups excluding tert-OH is 1. The molecule has 1 amide bonds. The first-order chi connectivity index (χ1) is 8.61. The minimum Gasteiger partial charge on any atom is -0.390 e. The number of benzene rings is 1. The molecular weight excluding hydrogens is 272 g/mol. The second-order valence-corrected chi connectivity index (χ2v) is 4.89. The normalized spacial score (nSPS) is 10.4. The fourth-order valence-electron chi connectivity index (χ4n) is 1.51. The highest BCUT2D eigenvalue weighted by atomic mass is 35.5. The van der Waals surface area contributed by atoms with E-state index in [1.165, 1.54) is 23.2 Å². The summed E-state index contributed by atoms with van der Waals surface area (Å²) >= 11 is 7.22. The molecule has 0 saturated carbocycles. The molecule has 0 unspecified atom stereocenters. The summed E-state index contributed by atoms with van der Waals surface area (Å²) in [6.07, 6.45) is 0. The monoisotopic (exact) mass is 282 g/mol. The summed E-state index contributed by atoms with van der Waals surface area (Å²) in [7, 11) is 0. The van der Waals surface area contributed by atoms with Crippen molar-refractivity contribution in [3.8, 4) is 0 Å². The zero-order valence-corrected chi connectivity index (χ0v) is 11.2. The lowest BCUT2D eigenvalue weighted by Gasteiger charge is -2.18. The largest absolute Gasteiger partial charge is 0.390 e. The molecule has 1 aromatic carbocycles. The molecule has 0 atom stereocenters. The van der Waals surface area contributed by atoms with E-state index in [2.05, 4.69) is 4.98 Å². The zero-order valence-electron chi connectivity index (χ0n) is 9.63. The number of aromatic nitrogens is 1. The van der Waals surface area contributed by atoms with Gasteiger partial charge in [-0.15, -0.1) is 11.3 Å². The van der Waals surface area contributed by atoms with Crippen molar-refractivity contribution >= 4 is 39.7 Å². The SMILES string of the molecule is CC(=O)N(c1cccc(Cl)c1)c1nc(CO)cs1. The quantitative estimate of drug-likeness (QED) is 0.942. The molecule has 1 N–H and O–H groups in total. The van der Waals surface area contributed by atoms with E-state index in [1.54, 1.807) is 29.6 Å². The highest BCUT2D eigenvalue weighted by molar-refractivity contribution is 7.14. The van der Waals surface area contributed by atoms with E-state index in [1.807, 2.05) is 0 Å². The highest BCUT2D eigenvalue weighted by Crippen LogP contribution is 2.30. The van der Waals surface area contributed by atoms with E-state index in [4.69, 9.17) is 16.7 Å². The molecule has 0 aliphatic carbocycles. The molecule has 0 radical (unpaired) electrons. The number of hydrogen-bond acceptors (Lipinski definition) is 4. The summed E-state index contributed by atoms with van der Waals surface area (Å²) in [6, 6.07) is 6.99. The van der Waals surface area contributed by atoms with Crippen LogP contribution in [0.2, 0.25) is 5.02 Å². The van der Waals surface area contributed by atoms with Crippen LogP contribution in [0.4, 0.5) is 10.8 Å². The Bertz CT molecular complexity index is 571. The Morgan fingerprint density at radius 3 is 2.89 bits per heavy atom. The minimum absolute atomic E-state index is 0.141. The molecule has 18 heavy (non-hydrogen) atoms. The number of rotatable bonds is 3. The van der Waals surface area contributed by atoms with Crippen molar-refractivity contribution in [2.75, 3.05) is 4.90 Å². The molecule has 4 nitrogen and oxygen atoms in total. The van der Waals surface area contributed by atoms with Gasteiger partial charge < -0.3 is 5.11 Å². The number of amides is 1. The molecule has 2 rings (SSSR count). The van der Waals surface area contributed by atoms with Crippen molar-refractivity contribution in [2.24, 2.45) is 0 Å². The first kappa shape index (κ1) is 13.0. The van der Waals surface area contributed by atoms with E-state index in [9.17, 15) is 4.79 Å². The summed E-state index contributed by atoms with van der Waals surface area (Å²) < 4.78 is 0. The number of hydrogen-bond donors (Lipinski definition) is 1. The molecule has 0 bridgehead atoms. The molecule has 2 aromatic rings. The van der Waals surface area contributed by atoms with Gasteiger partial charge in [-0.25, -0.2) is 4.98 Å². The summed E-state index contributed by atoms with van der Waals surface area (Å²) in [5, 5.41) is 11.8. The number of carbonyl (C=O) groups excluding carboxylic acids is 1. The predicted octanol–water partition coefficient (Wildman–Crippen LogP) is 2.97. The molecule has 1 aromatic heterocycles. The Morgan fingerprint density at radius 1 is 1.56 bits per heavy atom. The number of nitrogens with zero attached hydrogens (tertiary/aromatic N) is 2. The smallest absolute Gasteiger partial charge is 0.230 e. The molecule has 6 heteroatoms. The van der Waals surface area contributed by atoms with Gasteiger partial charge in [0.1, 0.15) is 0 Å². The van der Waals surface area contributed by atoms with Crippen LogP contribution in [0.3, 0.4) is 0 Å². The molecule has 1 heterocycles. The standard InChI is InChI=1S/C12H11ClN2O2S/c1-8(17)15(11-4-2-3-9(13)5-11)12-14-10(6-16)7-18-12/h2-5,7,16H,6H2,1H3. The zero-order chi connectivity index (χ0) is 13.1. The summed E-state index contributed by atoms with van der Waals surface area (Å²) in [5.74, 6) is -0.156. The van der Waals surface area contributed by atoms with Crippen molar-refractivity contribution in [1.82, 2.24) is 4.98 Å². The summed E-state index contributed by atoms with van der Waals surface area (Å²) in [6.45, 7) is 1.32. The van der Waals surface area contributed by atoms with E-state index in [0.29, 0.717) is 21.5 Å². The maximum absolute atomic E-state index is 11.7. The van der Waals surface area contributed by atoms with Crippen LogP contribution in [-0.2, 0) is 11.4 Å². The molecule has 0 spiro atoms. The average Bonchev–Trinajstić information content (AvgIpc) is 2.77. The molecule has 0 saturated heterocycles. The predicted molar refractivity (Wildman–Crippen MR) is 72.3 cm³/mol. The van der Waals surface area contributed by atoms with E-state index in [0.717, 1.165) is 0 Å².